The Balaban J connectivity index is 2.32. The lowest BCUT2D eigenvalue weighted by Crippen LogP contribution is -2.08. The molecule has 80 valence electrons. The fourth-order valence-electron chi connectivity index (χ4n) is 1.64. The molecule has 0 radical (unpaired) electrons. The Bertz CT molecular complexity index is 469. The van der Waals surface area contributed by atoms with E-state index in [1.807, 2.05) is 60.7 Å². The molecule has 0 aliphatic heterocycles. The molecule has 1 atom stereocenters. The molecule has 0 bridgehead atoms. The van der Waals surface area contributed by atoms with E-state index < -0.39 is 0 Å². The first-order valence-corrected chi connectivity index (χ1v) is 5.87. The molecule has 2 heteroatoms. The second kappa shape index (κ2) is 5.08. The standard InChI is InChI=1S/C14H11BrO/c15-14(16)13-9-5-4-8-12(13)10-11-6-2-1-3-7-11/h1-10,13H. The van der Waals surface area contributed by atoms with Crippen LogP contribution in [-0.4, -0.2) is 4.69 Å². The minimum atomic E-state index is -0.176. The first-order valence-electron chi connectivity index (χ1n) is 5.08. The van der Waals surface area contributed by atoms with Crippen molar-refractivity contribution in [3.8, 4) is 0 Å². The van der Waals surface area contributed by atoms with Crippen molar-refractivity contribution < 1.29 is 4.79 Å². The number of carbonyl (C=O) groups excluding carboxylic acids is 1. The van der Waals surface area contributed by atoms with Crippen molar-refractivity contribution in [3.05, 3.63) is 65.8 Å². The molecule has 1 unspecified atom stereocenters. The second-order valence-electron chi connectivity index (χ2n) is 3.58. The van der Waals surface area contributed by atoms with Gasteiger partial charge in [0.2, 0.25) is 4.69 Å². The van der Waals surface area contributed by atoms with Crippen molar-refractivity contribution in [1.29, 1.82) is 0 Å². The molecule has 0 spiro atoms. The van der Waals surface area contributed by atoms with Crippen LogP contribution in [0.1, 0.15) is 5.56 Å². The van der Waals surface area contributed by atoms with Crippen molar-refractivity contribution in [2.24, 2.45) is 5.92 Å². The Labute approximate surface area is 103 Å². The predicted molar refractivity (Wildman–Crippen MR) is 70.1 cm³/mol. The van der Waals surface area contributed by atoms with E-state index in [-0.39, 0.29) is 10.6 Å². The van der Waals surface area contributed by atoms with Crippen LogP contribution >= 0.6 is 15.9 Å². The number of benzene rings is 1. The quantitative estimate of drug-likeness (QED) is 0.751. The normalized spacial score (nSPS) is 21.3. The van der Waals surface area contributed by atoms with E-state index in [1.165, 1.54) is 0 Å². The molecule has 0 N–H and O–H groups in total. The number of hydrogen-bond acceptors (Lipinski definition) is 1. The lowest BCUT2D eigenvalue weighted by Gasteiger charge is -2.12. The van der Waals surface area contributed by atoms with Crippen LogP contribution in [0.25, 0.3) is 6.08 Å². The molecule has 0 fully saturated rings. The summed E-state index contributed by atoms with van der Waals surface area (Å²) in [7, 11) is 0. The molecule has 1 nitrogen and oxygen atoms in total. The SMILES string of the molecule is O=C(Br)C1C=CC=CC1=Cc1ccccc1. The Kier molecular flexibility index (Phi) is 3.52. The smallest absolute Gasteiger partial charge is 0.209 e. The van der Waals surface area contributed by atoms with Crippen molar-refractivity contribution in [1.82, 2.24) is 0 Å². The van der Waals surface area contributed by atoms with Gasteiger partial charge in [0, 0.05) is 0 Å². The van der Waals surface area contributed by atoms with E-state index in [0.29, 0.717) is 0 Å². The third kappa shape index (κ3) is 2.58. The van der Waals surface area contributed by atoms with Gasteiger partial charge in [-0.05, 0) is 27.1 Å². The van der Waals surface area contributed by atoms with Gasteiger partial charge in [0.1, 0.15) is 0 Å². The summed E-state index contributed by atoms with van der Waals surface area (Å²) in [5.41, 5.74) is 2.12. The zero-order chi connectivity index (χ0) is 11.4. The van der Waals surface area contributed by atoms with Crippen LogP contribution in [0.15, 0.2) is 60.2 Å². The maximum absolute atomic E-state index is 11.4. The number of carbonyl (C=O) groups is 1. The summed E-state index contributed by atoms with van der Waals surface area (Å²) < 4.78 is -0.00437. The Morgan fingerprint density at radius 1 is 1.19 bits per heavy atom. The van der Waals surface area contributed by atoms with Crippen LogP contribution in [0.4, 0.5) is 0 Å². The highest BCUT2D eigenvalue weighted by Gasteiger charge is 2.17. The zero-order valence-electron chi connectivity index (χ0n) is 8.64. The fraction of sp³-hybridized carbons (Fsp3) is 0.0714. The Morgan fingerprint density at radius 3 is 2.62 bits per heavy atom. The minimum Gasteiger partial charge on any atom is -0.286 e. The van der Waals surface area contributed by atoms with E-state index in [4.69, 9.17) is 0 Å². The number of rotatable bonds is 2. The van der Waals surface area contributed by atoms with Gasteiger partial charge in [-0.2, -0.15) is 0 Å². The zero-order valence-corrected chi connectivity index (χ0v) is 10.2. The van der Waals surface area contributed by atoms with E-state index in [2.05, 4.69) is 15.9 Å². The molecule has 0 aromatic heterocycles. The highest BCUT2D eigenvalue weighted by atomic mass is 79.9. The van der Waals surface area contributed by atoms with Gasteiger partial charge in [0.15, 0.2) is 0 Å². The third-order valence-corrected chi connectivity index (χ3v) is 2.93. The van der Waals surface area contributed by atoms with Gasteiger partial charge in [-0.1, -0.05) is 60.7 Å². The highest BCUT2D eigenvalue weighted by Crippen LogP contribution is 2.24. The fourth-order valence-corrected chi connectivity index (χ4v) is 2.06. The number of hydrogen-bond donors (Lipinski definition) is 0. The van der Waals surface area contributed by atoms with Crippen LogP contribution in [-0.2, 0) is 4.79 Å². The van der Waals surface area contributed by atoms with E-state index in [9.17, 15) is 4.79 Å². The van der Waals surface area contributed by atoms with E-state index >= 15 is 0 Å². The lowest BCUT2D eigenvalue weighted by molar-refractivity contribution is -0.111. The largest absolute Gasteiger partial charge is 0.286 e. The molecule has 1 aromatic carbocycles. The molecule has 0 saturated heterocycles. The van der Waals surface area contributed by atoms with Crippen LogP contribution in [0, 0.1) is 5.92 Å². The van der Waals surface area contributed by atoms with Gasteiger partial charge < -0.3 is 0 Å². The first kappa shape index (κ1) is 11.1. The van der Waals surface area contributed by atoms with Gasteiger partial charge in [0.05, 0.1) is 5.92 Å². The predicted octanol–water partition coefficient (Wildman–Crippen LogP) is 3.73. The van der Waals surface area contributed by atoms with Gasteiger partial charge in [0.25, 0.3) is 0 Å². The van der Waals surface area contributed by atoms with Gasteiger partial charge >= 0.3 is 0 Å². The summed E-state index contributed by atoms with van der Waals surface area (Å²) in [6.07, 6.45) is 9.74. The average molecular weight is 275 g/mol. The first-order chi connectivity index (χ1) is 7.77. The molecule has 1 aliphatic rings. The van der Waals surface area contributed by atoms with Crippen LogP contribution < -0.4 is 0 Å². The second-order valence-corrected chi connectivity index (χ2v) is 4.36. The summed E-state index contributed by atoms with van der Waals surface area (Å²) in [5, 5.41) is 0. The topological polar surface area (TPSA) is 17.1 Å². The van der Waals surface area contributed by atoms with Gasteiger partial charge in [-0.15, -0.1) is 0 Å². The Morgan fingerprint density at radius 2 is 1.94 bits per heavy atom. The highest BCUT2D eigenvalue weighted by molar-refractivity contribution is 9.18. The molecule has 16 heavy (non-hydrogen) atoms. The summed E-state index contributed by atoms with van der Waals surface area (Å²) in [5.74, 6) is -0.176. The number of halogens is 1. The van der Waals surface area contributed by atoms with Crippen molar-refractivity contribution in [2.45, 2.75) is 0 Å². The van der Waals surface area contributed by atoms with Crippen molar-refractivity contribution in [2.75, 3.05) is 0 Å². The molecule has 2 rings (SSSR count). The van der Waals surface area contributed by atoms with Crippen LogP contribution in [0.5, 0.6) is 0 Å². The van der Waals surface area contributed by atoms with E-state index in [0.717, 1.165) is 11.1 Å². The summed E-state index contributed by atoms with van der Waals surface area (Å²) in [6, 6.07) is 10.00. The molecule has 1 aliphatic carbocycles. The van der Waals surface area contributed by atoms with Crippen molar-refractivity contribution in [3.63, 3.8) is 0 Å². The van der Waals surface area contributed by atoms with Crippen LogP contribution in [0.2, 0.25) is 0 Å². The van der Waals surface area contributed by atoms with Crippen molar-refractivity contribution >= 4 is 26.7 Å². The summed E-state index contributed by atoms with van der Waals surface area (Å²) >= 11 is 3.02. The maximum atomic E-state index is 11.4. The monoisotopic (exact) mass is 274 g/mol. The lowest BCUT2D eigenvalue weighted by atomic mass is 9.94. The molecule has 0 saturated carbocycles. The van der Waals surface area contributed by atoms with Gasteiger partial charge in [-0.3, -0.25) is 4.79 Å². The van der Waals surface area contributed by atoms with Gasteiger partial charge in [-0.25, -0.2) is 0 Å². The number of allylic oxidation sites excluding steroid dienone is 5. The van der Waals surface area contributed by atoms with E-state index in [1.54, 1.807) is 0 Å². The molecular weight excluding hydrogens is 264 g/mol. The molecule has 0 amide bonds. The minimum absolute atomic E-state index is 0.00437. The summed E-state index contributed by atoms with van der Waals surface area (Å²) in [4.78, 5) is 11.4. The maximum Gasteiger partial charge on any atom is 0.209 e. The average Bonchev–Trinajstić information content (AvgIpc) is 2.31. The summed E-state index contributed by atoms with van der Waals surface area (Å²) in [6.45, 7) is 0. The molecular formula is C14H11BrO. The molecule has 1 aromatic rings. The Hall–Kier alpha value is -1.41. The molecule has 0 heterocycles. The van der Waals surface area contributed by atoms with Crippen LogP contribution in [0.3, 0.4) is 0 Å². The third-order valence-electron chi connectivity index (χ3n) is 2.44.